The van der Waals surface area contributed by atoms with E-state index < -0.39 is 5.41 Å². The van der Waals surface area contributed by atoms with Gasteiger partial charge < -0.3 is 14.5 Å². The molecule has 2 aliphatic heterocycles. The first kappa shape index (κ1) is 14.9. The van der Waals surface area contributed by atoms with E-state index in [1.807, 2.05) is 41.0 Å². The van der Waals surface area contributed by atoms with Crippen LogP contribution in [0.25, 0.3) is 0 Å². The Balaban J connectivity index is 1.61. The van der Waals surface area contributed by atoms with E-state index in [0.717, 1.165) is 24.3 Å². The topological polar surface area (TPSA) is 49.9 Å². The number of carbonyl (C=O) groups is 2. The third-order valence-electron chi connectivity index (χ3n) is 4.85. The van der Waals surface area contributed by atoms with Crippen LogP contribution in [0.1, 0.15) is 25.3 Å². The third kappa shape index (κ3) is 2.45. The van der Waals surface area contributed by atoms with Gasteiger partial charge in [0.15, 0.2) is 0 Å². The van der Waals surface area contributed by atoms with Gasteiger partial charge in [-0.3, -0.25) is 9.59 Å². The van der Waals surface area contributed by atoms with Gasteiger partial charge in [-0.25, -0.2) is 0 Å². The quantitative estimate of drug-likeness (QED) is 0.795. The van der Waals surface area contributed by atoms with Crippen LogP contribution in [-0.4, -0.2) is 48.4 Å². The summed E-state index contributed by atoms with van der Waals surface area (Å²) in [6.07, 6.45) is 1.17. The number of nitrogens with zero attached hydrogens (tertiary/aromatic N) is 2. The van der Waals surface area contributed by atoms with Crippen LogP contribution in [0.2, 0.25) is 0 Å². The van der Waals surface area contributed by atoms with Crippen molar-refractivity contribution in [3.63, 3.8) is 0 Å². The SMILES string of the molecule is CCN1CCC2(CC1=O)CN(Cc1ccc(OC)cc1)C2=O. The molecule has 0 saturated carbocycles. The Labute approximate surface area is 130 Å². The second-order valence-electron chi connectivity index (χ2n) is 6.19. The van der Waals surface area contributed by atoms with Crippen molar-refractivity contribution in [1.29, 1.82) is 0 Å². The molecular formula is C17H22N2O3. The van der Waals surface area contributed by atoms with E-state index in [1.54, 1.807) is 7.11 Å². The van der Waals surface area contributed by atoms with Crippen molar-refractivity contribution in [2.75, 3.05) is 26.7 Å². The lowest BCUT2D eigenvalue weighted by Gasteiger charge is -2.52. The molecule has 2 amide bonds. The number of hydrogen-bond donors (Lipinski definition) is 0. The molecular weight excluding hydrogens is 280 g/mol. The van der Waals surface area contributed by atoms with E-state index in [-0.39, 0.29) is 11.8 Å². The van der Waals surface area contributed by atoms with Crippen molar-refractivity contribution < 1.29 is 14.3 Å². The molecule has 0 bridgehead atoms. The zero-order valence-corrected chi connectivity index (χ0v) is 13.2. The Hall–Kier alpha value is -2.04. The standard InChI is InChI=1S/C17H22N2O3/c1-3-18-9-8-17(10-15(18)20)12-19(16(17)21)11-13-4-6-14(22-2)7-5-13/h4-7H,3,8-12H2,1-2H3. The van der Waals surface area contributed by atoms with Gasteiger partial charge in [0.05, 0.1) is 12.5 Å². The molecule has 5 nitrogen and oxygen atoms in total. The summed E-state index contributed by atoms with van der Waals surface area (Å²) in [5.74, 6) is 1.06. The van der Waals surface area contributed by atoms with Crippen LogP contribution in [0.15, 0.2) is 24.3 Å². The van der Waals surface area contributed by atoms with Gasteiger partial charge in [0.1, 0.15) is 5.75 Å². The normalized spacial score (nSPS) is 24.6. The second-order valence-corrected chi connectivity index (χ2v) is 6.19. The number of amides is 2. The van der Waals surface area contributed by atoms with Gasteiger partial charge >= 0.3 is 0 Å². The Kier molecular flexibility index (Phi) is 3.81. The van der Waals surface area contributed by atoms with E-state index in [9.17, 15) is 9.59 Å². The van der Waals surface area contributed by atoms with Gasteiger partial charge in [-0.2, -0.15) is 0 Å². The predicted octanol–water partition coefficient (Wildman–Crippen LogP) is 1.67. The molecule has 118 valence electrons. The molecule has 5 heteroatoms. The van der Waals surface area contributed by atoms with Crippen LogP contribution < -0.4 is 4.74 Å². The van der Waals surface area contributed by atoms with Gasteiger partial charge in [0, 0.05) is 32.6 Å². The fourth-order valence-electron chi connectivity index (χ4n) is 3.44. The van der Waals surface area contributed by atoms with Crippen molar-refractivity contribution >= 4 is 11.8 Å². The van der Waals surface area contributed by atoms with Crippen LogP contribution >= 0.6 is 0 Å². The van der Waals surface area contributed by atoms with Gasteiger partial charge in [-0.15, -0.1) is 0 Å². The highest BCUT2D eigenvalue weighted by Gasteiger charge is 2.54. The lowest BCUT2D eigenvalue weighted by molar-refractivity contribution is -0.171. The number of methoxy groups -OCH3 is 1. The van der Waals surface area contributed by atoms with Gasteiger partial charge in [-0.1, -0.05) is 12.1 Å². The molecule has 2 aliphatic rings. The lowest BCUT2D eigenvalue weighted by Crippen LogP contribution is -2.65. The first-order valence-corrected chi connectivity index (χ1v) is 7.78. The predicted molar refractivity (Wildman–Crippen MR) is 82.3 cm³/mol. The Morgan fingerprint density at radius 2 is 1.91 bits per heavy atom. The van der Waals surface area contributed by atoms with Crippen LogP contribution in [0, 0.1) is 5.41 Å². The highest BCUT2D eigenvalue weighted by Crippen LogP contribution is 2.42. The highest BCUT2D eigenvalue weighted by molar-refractivity contribution is 5.94. The molecule has 22 heavy (non-hydrogen) atoms. The summed E-state index contributed by atoms with van der Waals surface area (Å²) >= 11 is 0. The fraction of sp³-hybridized carbons (Fsp3) is 0.529. The van der Waals surface area contributed by atoms with Crippen LogP contribution in [-0.2, 0) is 16.1 Å². The van der Waals surface area contributed by atoms with Crippen molar-refractivity contribution in [3.8, 4) is 5.75 Å². The summed E-state index contributed by atoms with van der Waals surface area (Å²) in [4.78, 5) is 28.3. The summed E-state index contributed by atoms with van der Waals surface area (Å²) in [6, 6.07) is 7.75. The number of piperidine rings is 1. The van der Waals surface area contributed by atoms with Crippen LogP contribution in [0.4, 0.5) is 0 Å². The summed E-state index contributed by atoms with van der Waals surface area (Å²) in [5, 5.41) is 0. The third-order valence-corrected chi connectivity index (χ3v) is 4.85. The number of rotatable bonds is 4. The van der Waals surface area contributed by atoms with E-state index in [1.165, 1.54) is 0 Å². The summed E-state index contributed by atoms with van der Waals surface area (Å²) < 4.78 is 5.14. The Bertz CT molecular complexity index is 584. The van der Waals surface area contributed by atoms with Gasteiger partial charge in [0.2, 0.25) is 11.8 Å². The number of β-lactam (4-membered cyclic amide) rings is 1. The fourth-order valence-corrected chi connectivity index (χ4v) is 3.44. The zero-order valence-electron chi connectivity index (χ0n) is 13.2. The molecule has 1 spiro atoms. The van der Waals surface area contributed by atoms with Gasteiger partial charge in [0.25, 0.3) is 0 Å². The summed E-state index contributed by atoms with van der Waals surface area (Å²) in [7, 11) is 1.64. The Morgan fingerprint density at radius 3 is 2.45 bits per heavy atom. The van der Waals surface area contributed by atoms with Crippen LogP contribution in [0.5, 0.6) is 5.75 Å². The highest BCUT2D eigenvalue weighted by atomic mass is 16.5. The molecule has 2 heterocycles. The molecule has 0 N–H and O–H groups in total. The maximum atomic E-state index is 12.5. The molecule has 2 saturated heterocycles. The molecule has 1 unspecified atom stereocenters. The number of carbonyl (C=O) groups excluding carboxylic acids is 2. The number of ether oxygens (including phenoxy) is 1. The monoisotopic (exact) mass is 302 g/mol. The van der Waals surface area contributed by atoms with E-state index in [4.69, 9.17) is 4.74 Å². The van der Waals surface area contributed by atoms with Crippen molar-refractivity contribution in [3.05, 3.63) is 29.8 Å². The molecule has 1 atom stereocenters. The smallest absolute Gasteiger partial charge is 0.231 e. The average Bonchev–Trinajstić information content (AvgIpc) is 2.55. The molecule has 1 aromatic carbocycles. The minimum atomic E-state index is -0.421. The van der Waals surface area contributed by atoms with Crippen LogP contribution in [0.3, 0.4) is 0 Å². The molecule has 0 aromatic heterocycles. The first-order chi connectivity index (χ1) is 10.6. The van der Waals surface area contributed by atoms with Crippen molar-refractivity contribution in [2.45, 2.75) is 26.3 Å². The minimum Gasteiger partial charge on any atom is -0.497 e. The summed E-state index contributed by atoms with van der Waals surface area (Å²) in [6.45, 7) is 4.72. The molecule has 3 rings (SSSR count). The first-order valence-electron chi connectivity index (χ1n) is 7.78. The Morgan fingerprint density at radius 1 is 1.18 bits per heavy atom. The maximum Gasteiger partial charge on any atom is 0.231 e. The number of hydrogen-bond acceptors (Lipinski definition) is 3. The zero-order chi connectivity index (χ0) is 15.7. The molecule has 0 radical (unpaired) electrons. The van der Waals surface area contributed by atoms with Crippen molar-refractivity contribution in [2.24, 2.45) is 5.41 Å². The number of likely N-dealkylation sites (tertiary alicyclic amines) is 2. The number of benzene rings is 1. The largest absolute Gasteiger partial charge is 0.497 e. The summed E-state index contributed by atoms with van der Waals surface area (Å²) in [5.41, 5.74) is 0.663. The van der Waals surface area contributed by atoms with E-state index >= 15 is 0 Å². The molecule has 1 aromatic rings. The van der Waals surface area contributed by atoms with E-state index in [2.05, 4.69) is 0 Å². The van der Waals surface area contributed by atoms with Crippen molar-refractivity contribution in [1.82, 2.24) is 9.80 Å². The minimum absolute atomic E-state index is 0.117. The molecule has 2 fully saturated rings. The molecule has 0 aliphatic carbocycles. The average molecular weight is 302 g/mol. The second kappa shape index (κ2) is 5.63. The van der Waals surface area contributed by atoms with E-state index in [0.29, 0.717) is 26.1 Å². The lowest BCUT2D eigenvalue weighted by atomic mass is 9.70. The maximum absolute atomic E-state index is 12.5. The van der Waals surface area contributed by atoms with Gasteiger partial charge in [-0.05, 0) is 31.0 Å².